The van der Waals surface area contributed by atoms with Gasteiger partial charge in [-0.2, -0.15) is 0 Å². The number of benzene rings is 10. The van der Waals surface area contributed by atoms with Crippen molar-refractivity contribution < 1.29 is 0 Å². The van der Waals surface area contributed by atoms with Crippen molar-refractivity contribution in [1.82, 2.24) is 0 Å². The van der Waals surface area contributed by atoms with Crippen LogP contribution in [0.1, 0.15) is 105 Å². The molecule has 0 saturated carbocycles. The minimum atomic E-state index is -0.0210. The zero-order chi connectivity index (χ0) is 46.0. The van der Waals surface area contributed by atoms with Crippen molar-refractivity contribution >= 4 is 53.9 Å². The summed E-state index contributed by atoms with van der Waals surface area (Å²) < 4.78 is 0. The molecule has 12 rings (SSSR count). The van der Waals surface area contributed by atoms with Crippen molar-refractivity contribution in [2.24, 2.45) is 0 Å². The van der Waals surface area contributed by atoms with E-state index < -0.39 is 0 Å². The summed E-state index contributed by atoms with van der Waals surface area (Å²) >= 11 is 0. The standard InChI is InChI=1S/C66H60/c1-63(2,3)41-25-39(26-42(29-41)64(4,5)6)49-31-57-58(59-35-53-47-23-15-19-37-17-13-21-45(61(37)47)51(53)33-55(49)59)32-50(40-27-43(65(7,8)9)30-44(28-40)66(10,11)12)56-34-52-46-22-14-18-38-20-16-24-48(62(38)46)54(52)36-60(56)57/h13-36H,1-12H3. The van der Waals surface area contributed by atoms with Crippen molar-refractivity contribution in [2.45, 2.75) is 105 Å². The van der Waals surface area contributed by atoms with Crippen LogP contribution in [-0.2, 0) is 21.7 Å². The molecule has 2 aliphatic carbocycles. The van der Waals surface area contributed by atoms with E-state index in [0.29, 0.717) is 0 Å². The lowest BCUT2D eigenvalue weighted by atomic mass is 9.77. The Hall–Kier alpha value is -6.50. The van der Waals surface area contributed by atoms with Gasteiger partial charge in [0.25, 0.3) is 0 Å². The predicted molar refractivity (Wildman–Crippen MR) is 289 cm³/mol. The Morgan fingerprint density at radius 2 is 0.470 bits per heavy atom. The summed E-state index contributed by atoms with van der Waals surface area (Å²) in [5, 5.41) is 13.2. The predicted octanol–water partition coefficient (Wildman–Crippen LogP) is 19.3. The molecular weight excluding hydrogens is 793 g/mol. The third kappa shape index (κ3) is 6.10. The zero-order valence-corrected chi connectivity index (χ0v) is 40.9. The molecule has 324 valence electrons. The average molecular weight is 853 g/mol. The summed E-state index contributed by atoms with van der Waals surface area (Å²) in [7, 11) is 0. The number of hydrogen-bond acceptors (Lipinski definition) is 0. The van der Waals surface area contributed by atoms with E-state index in [1.807, 2.05) is 0 Å². The fraction of sp³-hybridized carbons (Fsp3) is 0.242. The quantitative estimate of drug-likeness (QED) is 0.152. The minimum absolute atomic E-state index is 0.0210. The molecular formula is C66H60. The van der Waals surface area contributed by atoms with Gasteiger partial charge in [0.05, 0.1) is 0 Å². The molecule has 0 amide bonds. The van der Waals surface area contributed by atoms with Crippen LogP contribution in [0.5, 0.6) is 0 Å². The maximum Gasteiger partial charge on any atom is -0.00264 e. The Labute approximate surface area is 391 Å². The number of rotatable bonds is 2. The molecule has 0 bridgehead atoms. The van der Waals surface area contributed by atoms with Crippen LogP contribution in [0.4, 0.5) is 0 Å². The molecule has 0 fully saturated rings. The molecule has 0 N–H and O–H groups in total. The maximum absolute atomic E-state index is 2.58. The molecule has 0 radical (unpaired) electrons. The van der Waals surface area contributed by atoms with Crippen LogP contribution < -0.4 is 0 Å². The van der Waals surface area contributed by atoms with Crippen molar-refractivity contribution in [3.8, 4) is 66.8 Å². The summed E-state index contributed by atoms with van der Waals surface area (Å²) in [5.41, 5.74) is 21.2. The first-order chi connectivity index (χ1) is 31.2. The van der Waals surface area contributed by atoms with Gasteiger partial charge in [0, 0.05) is 0 Å². The third-order valence-corrected chi connectivity index (χ3v) is 15.3. The van der Waals surface area contributed by atoms with Gasteiger partial charge in [-0.3, -0.25) is 0 Å². The van der Waals surface area contributed by atoms with Crippen LogP contribution >= 0.6 is 0 Å². The Bertz CT molecular complexity index is 3440. The van der Waals surface area contributed by atoms with Gasteiger partial charge in [0.2, 0.25) is 0 Å². The molecule has 0 unspecified atom stereocenters. The lowest BCUT2D eigenvalue weighted by Crippen LogP contribution is -2.16. The lowest BCUT2D eigenvalue weighted by Gasteiger charge is -2.27. The first kappa shape index (κ1) is 41.0. The van der Waals surface area contributed by atoms with Crippen molar-refractivity contribution in [1.29, 1.82) is 0 Å². The van der Waals surface area contributed by atoms with Gasteiger partial charge in [0.15, 0.2) is 0 Å². The molecule has 0 aliphatic heterocycles. The highest BCUT2D eigenvalue weighted by atomic mass is 14.3. The Morgan fingerprint density at radius 1 is 0.227 bits per heavy atom. The first-order valence-corrected chi connectivity index (χ1v) is 24.2. The van der Waals surface area contributed by atoms with Gasteiger partial charge >= 0.3 is 0 Å². The fourth-order valence-corrected chi connectivity index (χ4v) is 11.4. The SMILES string of the molecule is CC(C)(C)c1cc(-c2cc3c4cc5c(cc4c(-c4cc(C(C)(C)C)cc(C(C)(C)C)c4)cc3c3cc4c(cc23)-c2cccc3cccc-4c23)-c2cccc3cccc-5c23)cc(C(C)(C)C)c1. The van der Waals surface area contributed by atoms with Gasteiger partial charge < -0.3 is 0 Å². The molecule has 10 aromatic rings. The van der Waals surface area contributed by atoms with Crippen LogP contribution in [0.15, 0.2) is 146 Å². The summed E-state index contributed by atoms with van der Waals surface area (Å²) in [5.74, 6) is 0. The summed E-state index contributed by atoms with van der Waals surface area (Å²) in [6.07, 6.45) is 0. The fourth-order valence-electron chi connectivity index (χ4n) is 11.4. The zero-order valence-electron chi connectivity index (χ0n) is 40.9. The minimum Gasteiger partial charge on any atom is -0.0610 e. The van der Waals surface area contributed by atoms with E-state index in [9.17, 15) is 0 Å². The molecule has 0 heterocycles. The second kappa shape index (κ2) is 13.5. The second-order valence-electron chi connectivity index (χ2n) is 23.8. The Kier molecular flexibility index (Phi) is 8.41. The van der Waals surface area contributed by atoms with Gasteiger partial charge in [0.1, 0.15) is 0 Å². The highest BCUT2D eigenvalue weighted by Crippen LogP contribution is 2.54. The number of hydrogen-bond donors (Lipinski definition) is 0. The van der Waals surface area contributed by atoms with Crippen LogP contribution in [0.25, 0.3) is 121 Å². The second-order valence-corrected chi connectivity index (χ2v) is 23.8. The Morgan fingerprint density at radius 3 is 0.742 bits per heavy atom. The third-order valence-electron chi connectivity index (χ3n) is 15.3. The van der Waals surface area contributed by atoms with E-state index in [2.05, 4.69) is 229 Å². The first-order valence-electron chi connectivity index (χ1n) is 24.2. The van der Waals surface area contributed by atoms with Crippen molar-refractivity contribution in [3.05, 3.63) is 168 Å². The van der Waals surface area contributed by atoms with Gasteiger partial charge in [-0.05, 0) is 201 Å². The molecule has 0 heteroatoms. The summed E-state index contributed by atoms with van der Waals surface area (Å²) in [4.78, 5) is 0. The molecule has 0 spiro atoms. The molecule has 66 heavy (non-hydrogen) atoms. The van der Waals surface area contributed by atoms with Crippen LogP contribution in [-0.4, -0.2) is 0 Å². The van der Waals surface area contributed by atoms with E-state index >= 15 is 0 Å². The highest BCUT2D eigenvalue weighted by molar-refractivity contribution is 6.29. The van der Waals surface area contributed by atoms with Crippen LogP contribution in [0.3, 0.4) is 0 Å². The normalized spacial score (nSPS) is 13.5. The monoisotopic (exact) mass is 852 g/mol. The topological polar surface area (TPSA) is 0 Å². The van der Waals surface area contributed by atoms with Crippen LogP contribution in [0, 0.1) is 0 Å². The van der Waals surface area contributed by atoms with Gasteiger partial charge in [-0.25, -0.2) is 0 Å². The Balaban J connectivity index is 1.29. The van der Waals surface area contributed by atoms with Crippen molar-refractivity contribution in [3.63, 3.8) is 0 Å². The van der Waals surface area contributed by atoms with Gasteiger partial charge in [-0.1, -0.05) is 192 Å². The average Bonchev–Trinajstić information content (AvgIpc) is 3.76. The van der Waals surface area contributed by atoms with E-state index in [1.54, 1.807) is 0 Å². The number of fused-ring (bicyclic) bond motifs is 11. The van der Waals surface area contributed by atoms with E-state index in [4.69, 9.17) is 0 Å². The maximum atomic E-state index is 2.58. The highest BCUT2D eigenvalue weighted by Gasteiger charge is 2.29. The lowest BCUT2D eigenvalue weighted by molar-refractivity contribution is 0.568. The largest absolute Gasteiger partial charge is 0.0610 e. The molecule has 0 atom stereocenters. The molecule has 0 saturated heterocycles. The molecule has 0 nitrogen and oxygen atoms in total. The molecule has 2 aliphatic rings. The van der Waals surface area contributed by atoms with Crippen LogP contribution in [0.2, 0.25) is 0 Å². The van der Waals surface area contributed by atoms with Gasteiger partial charge in [-0.15, -0.1) is 0 Å². The van der Waals surface area contributed by atoms with E-state index in [0.717, 1.165) is 0 Å². The smallest absolute Gasteiger partial charge is 0.00264 e. The summed E-state index contributed by atoms with van der Waals surface area (Å²) in [6.45, 7) is 28.3. The molecule has 0 aromatic heterocycles. The summed E-state index contributed by atoms with van der Waals surface area (Å²) in [6, 6.07) is 57.7. The van der Waals surface area contributed by atoms with E-state index in [-0.39, 0.29) is 21.7 Å². The van der Waals surface area contributed by atoms with E-state index in [1.165, 1.54) is 143 Å². The molecule has 10 aromatic carbocycles. The van der Waals surface area contributed by atoms with Crippen molar-refractivity contribution in [2.75, 3.05) is 0 Å².